The van der Waals surface area contributed by atoms with Gasteiger partial charge in [0.25, 0.3) is 0 Å². The van der Waals surface area contributed by atoms with Crippen LogP contribution in [0.5, 0.6) is 0 Å². The largest absolute Gasteiger partial charge is 0.416 e. The Morgan fingerprint density at radius 3 is 1.73 bits per heavy atom. The average molecular weight is 514 g/mol. The molecule has 2 nitrogen and oxygen atoms in total. The average Bonchev–Trinajstić information content (AvgIpc) is 3.24. The molecule has 0 saturated heterocycles. The van der Waals surface area contributed by atoms with E-state index in [1.54, 1.807) is 6.92 Å². The second-order valence-electron chi connectivity index (χ2n) is 8.70. The van der Waals surface area contributed by atoms with Crippen LogP contribution in [0.25, 0.3) is 0 Å². The lowest BCUT2D eigenvalue weighted by Gasteiger charge is -2.18. The number of aryl methyl sites for hydroxylation is 1. The number of hydrogen-bond acceptors (Lipinski definition) is 1. The van der Waals surface area contributed by atoms with Gasteiger partial charge in [-0.2, -0.15) is 26.3 Å². The minimum absolute atomic E-state index is 0.247. The van der Waals surface area contributed by atoms with Crippen LogP contribution in [0.2, 0.25) is 0 Å². The van der Waals surface area contributed by atoms with E-state index in [0.29, 0.717) is 5.47 Å². The quantitative estimate of drug-likeness (QED) is 0.232. The molecule has 0 radical (unpaired) electrons. The summed E-state index contributed by atoms with van der Waals surface area (Å²) in [5, 5.41) is 0. The molecule has 9 heteroatoms. The molecule has 3 aromatic carbocycles. The number of nitrogens with zero attached hydrogens (tertiary/aromatic N) is 1. The molecule has 0 aliphatic carbocycles. The van der Waals surface area contributed by atoms with Crippen molar-refractivity contribution >= 4 is 17.6 Å². The number of nitrogens with one attached hydrogen (secondary N) is 1. The highest BCUT2D eigenvalue weighted by Crippen LogP contribution is 2.29. The zero-order valence-electron chi connectivity index (χ0n) is 20.3. The number of aromatic nitrogens is 2. The number of benzene rings is 3. The fourth-order valence-electron chi connectivity index (χ4n) is 3.90. The summed E-state index contributed by atoms with van der Waals surface area (Å²) in [5.41, 5.74) is 1.65. The molecule has 37 heavy (non-hydrogen) atoms. The Hall–Kier alpha value is -3.75. The monoisotopic (exact) mass is 514 g/mol. The number of imidazole rings is 1. The molecule has 192 valence electrons. The van der Waals surface area contributed by atoms with Crippen LogP contribution in [0.3, 0.4) is 0 Å². The Balaban J connectivity index is 0.000000244. The molecule has 0 amide bonds. The third kappa shape index (κ3) is 7.87. The summed E-state index contributed by atoms with van der Waals surface area (Å²) in [6.07, 6.45) is -6.31. The van der Waals surface area contributed by atoms with Crippen molar-refractivity contribution in [3.05, 3.63) is 125 Å². The second kappa shape index (κ2) is 11.5. The summed E-state index contributed by atoms with van der Waals surface area (Å²) in [4.78, 5) is 7.47. The van der Waals surface area contributed by atoms with Gasteiger partial charge in [0.1, 0.15) is 5.82 Å². The maximum Gasteiger partial charge on any atom is 0.416 e. The molecule has 0 atom stereocenters. The number of aromatic amines is 1. The van der Waals surface area contributed by atoms with Crippen molar-refractivity contribution in [3.8, 4) is 0 Å². The number of halogens is 6. The molecule has 0 unspecified atom stereocenters. The van der Waals surface area contributed by atoms with Gasteiger partial charge in [0, 0.05) is 18.3 Å². The Morgan fingerprint density at radius 2 is 1.32 bits per heavy atom. The highest BCUT2D eigenvalue weighted by Gasteiger charge is 2.34. The smallest absolute Gasteiger partial charge is 0.346 e. The minimum Gasteiger partial charge on any atom is -0.346 e. The summed E-state index contributed by atoms with van der Waals surface area (Å²) in [6.45, 7) is 6.56. The SMILES string of the molecule is C=C(C)B(c1cccc(C(F)(F)F)c1)c1cccc(C(F)(F)F)c1.Cc1cnc(Cc2ccccc2)[nH]1. The first kappa shape index (κ1) is 27.8. The number of hydrogen-bond donors (Lipinski definition) is 1. The highest BCUT2D eigenvalue weighted by atomic mass is 19.4. The van der Waals surface area contributed by atoms with E-state index in [1.165, 1.54) is 29.8 Å². The first-order chi connectivity index (χ1) is 17.3. The molecule has 1 heterocycles. The van der Waals surface area contributed by atoms with Crippen molar-refractivity contribution < 1.29 is 26.3 Å². The van der Waals surface area contributed by atoms with Gasteiger partial charge in [-0.25, -0.2) is 4.98 Å². The first-order valence-corrected chi connectivity index (χ1v) is 11.4. The van der Waals surface area contributed by atoms with Crippen LogP contribution in [0, 0.1) is 6.92 Å². The lowest BCUT2D eigenvalue weighted by atomic mass is 9.36. The van der Waals surface area contributed by atoms with E-state index in [0.717, 1.165) is 42.2 Å². The van der Waals surface area contributed by atoms with Crippen LogP contribution < -0.4 is 10.9 Å². The molecule has 4 aromatic rings. The Bertz CT molecular complexity index is 1270. The molecule has 0 fully saturated rings. The van der Waals surface area contributed by atoms with Crippen LogP contribution in [-0.2, 0) is 18.8 Å². The van der Waals surface area contributed by atoms with E-state index in [9.17, 15) is 26.3 Å². The van der Waals surface area contributed by atoms with Crippen LogP contribution in [0.15, 0.2) is 97.1 Å². The lowest BCUT2D eigenvalue weighted by molar-refractivity contribution is -0.138. The third-order valence-electron chi connectivity index (χ3n) is 5.56. The third-order valence-corrected chi connectivity index (χ3v) is 5.56. The minimum atomic E-state index is -4.52. The Kier molecular flexibility index (Phi) is 8.68. The summed E-state index contributed by atoms with van der Waals surface area (Å²) in [6, 6.07) is 19.4. The molecule has 0 aliphatic heterocycles. The van der Waals surface area contributed by atoms with Gasteiger partial charge in [-0.1, -0.05) is 96.7 Å². The van der Waals surface area contributed by atoms with Crippen LogP contribution in [0.4, 0.5) is 26.3 Å². The molecule has 0 bridgehead atoms. The zero-order chi connectivity index (χ0) is 27.2. The van der Waals surface area contributed by atoms with E-state index >= 15 is 0 Å². The molecule has 1 N–H and O–H groups in total. The zero-order valence-corrected chi connectivity index (χ0v) is 20.3. The second-order valence-corrected chi connectivity index (χ2v) is 8.70. The van der Waals surface area contributed by atoms with Gasteiger partial charge in [-0.15, -0.1) is 12.1 Å². The van der Waals surface area contributed by atoms with E-state index in [1.807, 2.05) is 31.3 Å². The normalized spacial score (nSPS) is 11.5. The van der Waals surface area contributed by atoms with Crippen LogP contribution in [0.1, 0.15) is 35.1 Å². The Labute approximate surface area is 212 Å². The van der Waals surface area contributed by atoms with E-state index in [2.05, 4.69) is 28.7 Å². The summed E-state index contributed by atoms with van der Waals surface area (Å²) < 4.78 is 77.3. The highest BCUT2D eigenvalue weighted by molar-refractivity contribution is 6.90. The van der Waals surface area contributed by atoms with Gasteiger partial charge < -0.3 is 4.98 Å². The number of allylic oxidation sites excluding steroid dienone is 1. The van der Waals surface area contributed by atoms with Crippen molar-refractivity contribution in [3.63, 3.8) is 0 Å². The number of H-pyrrole nitrogens is 1. The van der Waals surface area contributed by atoms with Crippen LogP contribution in [-0.4, -0.2) is 16.7 Å². The predicted molar refractivity (Wildman–Crippen MR) is 135 cm³/mol. The van der Waals surface area contributed by atoms with Crippen molar-refractivity contribution in [1.29, 1.82) is 0 Å². The van der Waals surface area contributed by atoms with Gasteiger partial charge in [0.15, 0.2) is 0 Å². The van der Waals surface area contributed by atoms with Crippen molar-refractivity contribution in [1.82, 2.24) is 9.97 Å². The molecule has 0 saturated carbocycles. The number of rotatable bonds is 5. The summed E-state index contributed by atoms with van der Waals surface area (Å²) >= 11 is 0. The van der Waals surface area contributed by atoms with Crippen molar-refractivity contribution in [2.45, 2.75) is 32.6 Å². The van der Waals surface area contributed by atoms with Gasteiger partial charge in [0.05, 0.1) is 11.1 Å². The predicted octanol–water partition coefficient (Wildman–Crippen LogP) is 6.76. The number of alkyl halides is 6. The summed E-state index contributed by atoms with van der Waals surface area (Å²) in [7, 11) is 0. The maximum absolute atomic E-state index is 12.9. The lowest BCUT2D eigenvalue weighted by Crippen LogP contribution is -2.44. The van der Waals surface area contributed by atoms with Crippen molar-refractivity contribution in [2.75, 3.05) is 0 Å². The van der Waals surface area contributed by atoms with Gasteiger partial charge >= 0.3 is 12.4 Å². The van der Waals surface area contributed by atoms with Gasteiger partial charge in [-0.3, -0.25) is 0 Å². The first-order valence-electron chi connectivity index (χ1n) is 11.4. The van der Waals surface area contributed by atoms with Gasteiger partial charge in [0.2, 0.25) is 6.71 Å². The van der Waals surface area contributed by atoms with Crippen LogP contribution >= 0.6 is 0 Å². The molecule has 0 spiro atoms. The standard InChI is InChI=1S/C17H13BF6.C11H12N2/c1-11(2)18(14-7-3-5-12(9-14)16(19,20)21)15-8-4-6-13(10-15)17(22,23)24;1-9-8-12-11(13-9)7-10-5-3-2-4-6-10/h3-10H,1H2,2H3;2-6,8H,7H2,1H3,(H,12,13). The van der Waals surface area contributed by atoms with E-state index in [-0.39, 0.29) is 10.9 Å². The maximum atomic E-state index is 12.9. The Morgan fingerprint density at radius 1 is 0.811 bits per heavy atom. The molecule has 4 rings (SSSR count). The van der Waals surface area contributed by atoms with Gasteiger partial charge in [-0.05, 0) is 12.5 Å². The van der Waals surface area contributed by atoms with Crippen molar-refractivity contribution in [2.24, 2.45) is 0 Å². The van der Waals surface area contributed by atoms with E-state index < -0.39 is 30.2 Å². The fourth-order valence-corrected chi connectivity index (χ4v) is 3.90. The fraction of sp³-hybridized carbons (Fsp3) is 0.179. The molecule has 0 aliphatic rings. The molecular weight excluding hydrogens is 489 g/mol. The topological polar surface area (TPSA) is 28.7 Å². The molecule has 1 aromatic heterocycles. The molecular formula is C28H25BF6N2. The van der Waals surface area contributed by atoms with E-state index in [4.69, 9.17) is 0 Å². The summed E-state index contributed by atoms with van der Waals surface area (Å²) in [5.74, 6) is 1.03.